The molecule has 3 rings (SSSR count). The van der Waals surface area contributed by atoms with Gasteiger partial charge in [-0.3, -0.25) is 0 Å². The number of hydrogen-bond acceptors (Lipinski definition) is 2. The Labute approximate surface area is 95.3 Å². The quantitative estimate of drug-likeness (QED) is 0.837. The molecule has 0 radical (unpaired) electrons. The van der Waals surface area contributed by atoms with Crippen molar-refractivity contribution in [3.8, 4) is 0 Å². The zero-order chi connectivity index (χ0) is 11.3. The molecule has 3 nitrogen and oxygen atoms in total. The Hall–Kier alpha value is -1.51. The van der Waals surface area contributed by atoms with Crippen LogP contribution in [0.25, 0.3) is 11.0 Å². The number of rotatable bonds is 2. The molecule has 1 aliphatic rings. The summed E-state index contributed by atoms with van der Waals surface area (Å²) >= 11 is 0. The van der Waals surface area contributed by atoms with Crippen LogP contribution in [0, 0.1) is 12.3 Å². The molecule has 2 N–H and O–H groups in total. The molecule has 0 atom stereocenters. The minimum Gasteiger partial charge on any atom is -0.369 e. The van der Waals surface area contributed by atoms with Gasteiger partial charge in [0.25, 0.3) is 0 Å². The number of hydrogen-bond donors (Lipinski definition) is 1. The second kappa shape index (κ2) is 3.00. The Morgan fingerprint density at radius 2 is 2.19 bits per heavy atom. The topological polar surface area (TPSA) is 43.8 Å². The summed E-state index contributed by atoms with van der Waals surface area (Å²) in [5.41, 5.74) is 9.88. The maximum absolute atomic E-state index is 5.99. The normalized spacial score (nSPS) is 17.9. The molecule has 3 heteroatoms. The number of nitrogen functional groups attached to an aromatic ring is 1. The van der Waals surface area contributed by atoms with Crippen LogP contribution in [-0.2, 0) is 6.54 Å². The molecule has 84 valence electrons. The summed E-state index contributed by atoms with van der Waals surface area (Å²) in [6.45, 7) is 5.42. The Bertz CT molecular complexity index is 550. The Kier molecular flexibility index (Phi) is 1.82. The highest BCUT2D eigenvalue weighted by molar-refractivity contribution is 5.79. The summed E-state index contributed by atoms with van der Waals surface area (Å²) in [5, 5.41) is 0. The van der Waals surface area contributed by atoms with Gasteiger partial charge in [-0.1, -0.05) is 13.0 Å². The molecule has 1 aromatic carbocycles. The second-order valence-electron chi connectivity index (χ2n) is 5.36. The lowest BCUT2D eigenvalue weighted by Gasteiger charge is -2.11. The lowest BCUT2D eigenvalue weighted by molar-refractivity contribution is 0.476. The van der Waals surface area contributed by atoms with E-state index in [1.54, 1.807) is 0 Å². The SMILES string of the molecule is Cc1ccc2nc(N)n(CC3(C)CC3)c2c1. The maximum Gasteiger partial charge on any atom is 0.201 e. The highest BCUT2D eigenvalue weighted by atomic mass is 15.2. The number of aromatic nitrogens is 2. The Morgan fingerprint density at radius 3 is 2.88 bits per heavy atom. The third-order valence-corrected chi connectivity index (χ3v) is 3.58. The van der Waals surface area contributed by atoms with Gasteiger partial charge in [-0.2, -0.15) is 0 Å². The zero-order valence-corrected chi connectivity index (χ0v) is 9.83. The zero-order valence-electron chi connectivity index (χ0n) is 9.83. The van der Waals surface area contributed by atoms with Crippen molar-refractivity contribution in [1.29, 1.82) is 0 Å². The van der Waals surface area contributed by atoms with E-state index >= 15 is 0 Å². The molecule has 1 heterocycles. The minimum absolute atomic E-state index is 0.450. The third-order valence-electron chi connectivity index (χ3n) is 3.58. The predicted octanol–water partition coefficient (Wildman–Crippen LogP) is 2.73. The van der Waals surface area contributed by atoms with E-state index in [9.17, 15) is 0 Å². The first-order valence-electron chi connectivity index (χ1n) is 5.80. The van der Waals surface area contributed by atoms with Crippen LogP contribution in [0.1, 0.15) is 25.3 Å². The van der Waals surface area contributed by atoms with Crippen LogP contribution in [0.15, 0.2) is 18.2 Å². The van der Waals surface area contributed by atoms with Crippen molar-refractivity contribution < 1.29 is 0 Å². The van der Waals surface area contributed by atoms with Gasteiger partial charge in [0.2, 0.25) is 5.95 Å². The van der Waals surface area contributed by atoms with E-state index in [1.807, 2.05) is 6.07 Å². The van der Waals surface area contributed by atoms with E-state index in [0.717, 1.165) is 12.1 Å². The van der Waals surface area contributed by atoms with Gasteiger partial charge in [-0.05, 0) is 42.9 Å². The van der Waals surface area contributed by atoms with E-state index in [4.69, 9.17) is 5.73 Å². The number of aryl methyl sites for hydroxylation is 1. The molecular weight excluding hydrogens is 198 g/mol. The monoisotopic (exact) mass is 215 g/mol. The molecule has 1 saturated carbocycles. The molecule has 0 saturated heterocycles. The van der Waals surface area contributed by atoms with Crippen LogP contribution in [0.5, 0.6) is 0 Å². The summed E-state index contributed by atoms with van der Waals surface area (Å²) in [7, 11) is 0. The van der Waals surface area contributed by atoms with Gasteiger partial charge in [0.1, 0.15) is 0 Å². The van der Waals surface area contributed by atoms with Crippen molar-refractivity contribution in [1.82, 2.24) is 9.55 Å². The molecule has 0 bridgehead atoms. The minimum atomic E-state index is 0.450. The summed E-state index contributed by atoms with van der Waals surface area (Å²) in [6.07, 6.45) is 2.61. The van der Waals surface area contributed by atoms with E-state index < -0.39 is 0 Å². The van der Waals surface area contributed by atoms with Crippen molar-refractivity contribution in [3.63, 3.8) is 0 Å². The van der Waals surface area contributed by atoms with Gasteiger partial charge in [0.15, 0.2) is 0 Å². The smallest absolute Gasteiger partial charge is 0.201 e. The van der Waals surface area contributed by atoms with Gasteiger partial charge in [0.05, 0.1) is 11.0 Å². The number of nitrogens with two attached hydrogens (primary N) is 1. The summed E-state index contributed by atoms with van der Waals surface area (Å²) in [5.74, 6) is 0.647. The molecule has 1 aromatic heterocycles. The first kappa shape index (κ1) is 9.70. The molecule has 16 heavy (non-hydrogen) atoms. The second-order valence-corrected chi connectivity index (χ2v) is 5.36. The number of nitrogens with zero attached hydrogens (tertiary/aromatic N) is 2. The largest absolute Gasteiger partial charge is 0.369 e. The fraction of sp³-hybridized carbons (Fsp3) is 0.462. The summed E-state index contributed by atoms with van der Waals surface area (Å²) in [6, 6.07) is 6.30. The first-order valence-corrected chi connectivity index (χ1v) is 5.80. The average Bonchev–Trinajstić information content (AvgIpc) is 2.88. The molecule has 0 amide bonds. The molecular formula is C13H17N3. The van der Waals surface area contributed by atoms with Gasteiger partial charge in [-0.25, -0.2) is 4.98 Å². The van der Waals surface area contributed by atoms with Gasteiger partial charge in [-0.15, -0.1) is 0 Å². The van der Waals surface area contributed by atoms with Crippen LogP contribution < -0.4 is 5.73 Å². The van der Waals surface area contributed by atoms with Crippen molar-refractivity contribution in [3.05, 3.63) is 23.8 Å². The van der Waals surface area contributed by atoms with Crippen molar-refractivity contribution >= 4 is 17.0 Å². The molecule has 1 fully saturated rings. The Balaban J connectivity index is 2.14. The van der Waals surface area contributed by atoms with E-state index in [-0.39, 0.29) is 0 Å². The highest BCUT2D eigenvalue weighted by Gasteiger charge is 2.38. The lowest BCUT2D eigenvalue weighted by Crippen LogP contribution is -2.10. The lowest BCUT2D eigenvalue weighted by atomic mass is 10.1. The van der Waals surface area contributed by atoms with Crippen LogP contribution in [-0.4, -0.2) is 9.55 Å². The number of imidazole rings is 1. The van der Waals surface area contributed by atoms with Crippen LogP contribution in [0.2, 0.25) is 0 Å². The van der Waals surface area contributed by atoms with E-state index in [0.29, 0.717) is 11.4 Å². The number of benzene rings is 1. The Morgan fingerprint density at radius 1 is 1.44 bits per heavy atom. The van der Waals surface area contributed by atoms with Crippen LogP contribution in [0.3, 0.4) is 0 Å². The third kappa shape index (κ3) is 1.47. The molecule has 0 spiro atoms. The van der Waals surface area contributed by atoms with Gasteiger partial charge in [0, 0.05) is 6.54 Å². The molecule has 0 unspecified atom stereocenters. The van der Waals surface area contributed by atoms with Gasteiger partial charge >= 0.3 is 0 Å². The average molecular weight is 215 g/mol. The van der Waals surface area contributed by atoms with Crippen LogP contribution >= 0.6 is 0 Å². The summed E-state index contributed by atoms with van der Waals surface area (Å²) < 4.78 is 2.16. The van der Waals surface area contributed by atoms with E-state index in [1.165, 1.54) is 23.9 Å². The van der Waals surface area contributed by atoms with Crippen molar-refractivity contribution in [2.45, 2.75) is 33.2 Å². The predicted molar refractivity (Wildman–Crippen MR) is 66.2 cm³/mol. The standard InChI is InChI=1S/C13H17N3/c1-9-3-4-10-11(7-9)16(12(14)15-10)8-13(2)5-6-13/h3-4,7H,5-6,8H2,1-2H3,(H2,14,15). The number of anilines is 1. The molecule has 1 aliphatic carbocycles. The fourth-order valence-corrected chi connectivity index (χ4v) is 2.17. The van der Waals surface area contributed by atoms with Crippen molar-refractivity contribution in [2.75, 3.05) is 5.73 Å². The summed E-state index contributed by atoms with van der Waals surface area (Å²) in [4.78, 5) is 4.41. The van der Waals surface area contributed by atoms with Crippen molar-refractivity contribution in [2.24, 2.45) is 5.41 Å². The highest BCUT2D eigenvalue weighted by Crippen LogP contribution is 2.47. The van der Waals surface area contributed by atoms with Gasteiger partial charge < -0.3 is 10.3 Å². The fourth-order valence-electron chi connectivity index (χ4n) is 2.17. The first-order chi connectivity index (χ1) is 7.57. The maximum atomic E-state index is 5.99. The van der Waals surface area contributed by atoms with E-state index in [2.05, 4.69) is 35.5 Å². The molecule has 2 aromatic rings. The number of fused-ring (bicyclic) bond motifs is 1. The van der Waals surface area contributed by atoms with Crippen LogP contribution in [0.4, 0.5) is 5.95 Å². The molecule has 0 aliphatic heterocycles.